The summed E-state index contributed by atoms with van der Waals surface area (Å²) in [6.07, 6.45) is 5.98. The van der Waals surface area contributed by atoms with Crippen molar-refractivity contribution in [2.45, 2.75) is 45.1 Å². The quantitative estimate of drug-likeness (QED) is 0.701. The molecule has 1 saturated carbocycles. The molecular weight excluding hydrogens is 295 g/mol. The lowest BCUT2D eigenvalue weighted by molar-refractivity contribution is 0.0156. The molecule has 0 saturated heterocycles. The highest BCUT2D eigenvalue weighted by Gasteiger charge is 2.22. The van der Waals surface area contributed by atoms with Gasteiger partial charge >= 0.3 is 0 Å². The number of hydrogen-bond donors (Lipinski definition) is 0. The normalized spacial score (nSPS) is 22.8. The highest BCUT2D eigenvalue weighted by Crippen LogP contribution is 2.28. The molecule has 0 amide bonds. The van der Waals surface area contributed by atoms with Crippen LogP contribution in [0.2, 0.25) is 10.0 Å². The Bertz CT molecular complexity index is 474. The van der Waals surface area contributed by atoms with Gasteiger partial charge in [0.1, 0.15) is 6.61 Å². The van der Waals surface area contributed by atoms with Crippen LogP contribution in [0.3, 0.4) is 0 Å². The van der Waals surface area contributed by atoms with Gasteiger partial charge in [0.15, 0.2) is 5.78 Å². The zero-order chi connectivity index (χ0) is 14.5. The fourth-order valence-corrected chi connectivity index (χ4v) is 3.14. The average Bonchev–Trinajstić information content (AvgIpc) is 2.47. The van der Waals surface area contributed by atoms with Crippen LogP contribution in [0.25, 0.3) is 0 Å². The molecule has 0 heterocycles. The van der Waals surface area contributed by atoms with Gasteiger partial charge in [0.05, 0.1) is 11.1 Å². The minimum atomic E-state index is -0.101. The van der Waals surface area contributed by atoms with E-state index in [0.29, 0.717) is 15.6 Å². The molecule has 1 aliphatic carbocycles. The van der Waals surface area contributed by atoms with Crippen molar-refractivity contribution in [1.82, 2.24) is 0 Å². The largest absolute Gasteiger partial charge is 0.370 e. The third kappa shape index (κ3) is 4.21. The van der Waals surface area contributed by atoms with Gasteiger partial charge in [-0.15, -0.1) is 0 Å². The van der Waals surface area contributed by atoms with Gasteiger partial charge in [-0.2, -0.15) is 0 Å². The molecule has 0 spiro atoms. The standard InChI is InChI=1S/C16H20Cl2O2/c1-2-11-4-3-5-13(8-11)20-10-16(19)14-9-12(17)6-7-15(14)18/h6-7,9,11,13H,2-5,8,10H2,1H3. The second-order valence-electron chi connectivity index (χ2n) is 5.42. The van der Waals surface area contributed by atoms with Crippen LogP contribution in [0, 0.1) is 5.92 Å². The van der Waals surface area contributed by atoms with Crippen molar-refractivity contribution in [3.8, 4) is 0 Å². The van der Waals surface area contributed by atoms with E-state index in [4.69, 9.17) is 27.9 Å². The molecule has 0 bridgehead atoms. The highest BCUT2D eigenvalue weighted by atomic mass is 35.5. The van der Waals surface area contributed by atoms with E-state index in [9.17, 15) is 4.79 Å². The van der Waals surface area contributed by atoms with Crippen molar-refractivity contribution < 1.29 is 9.53 Å². The molecule has 2 atom stereocenters. The molecule has 4 heteroatoms. The summed E-state index contributed by atoms with van der Waals surface area (Å²) in [7, 11) is 0. The van der Waals surface area contributed by atoms with E-state index in [2.05, 4.69) is 6.92 Å². The molecule has 2 unspecified atom stereocenters. The van der Waals surface area contributed by atoms with Crippen LogP contribution < -0.4 is 0 Å². The zero-order valence-electron chi connectivity index (χ0n) is 11.7. The Labute approximate surface area is 130 Å². The molecule has 110 valence electrons. The van der Waals surface area contributed by atoms with Crippen molar-refractivity contribution in [2.24, 2.45) is 5.92 Å². The summed E-state index contributed by atoms with van der Waals surface area (Å²) in [5.41, 5.74) is 0.446. The molecule has 1 fully saturated rings. The number of ether oxygens (including phenoxy) is 1. The van der Waals surface area contributed by atoms with E-state index in [1.807, 2.05) is 0 Å². The van der Waals surface area contributed by atoms with Gasteiger partial charge in [-0.25, -0.2) is 0 Å². The molecule has 1 aliphatic rings. The summed E-state index contributed by atoms with van der Waals surface area (Å²) in [6.45, 7) is 2.30. The minimum Gasteiger partial charge on any atom is -0.370 e. The van der Waals surface area contributed by atoms with Crippen molar-refractivity contribution in [2.75, 3.05) is 6.61 Å². The van der Waals surface area contributed by atoms with Gasteiger partial charge in [0.25, 0.3) is 0 Å². The first kappa shape index (κ1) is 15.8. The third-order valence-electron chi connectivity index (χ3n) is 3.99. The van der Waals surface area contributed by atoms with Gasteiger partial charge in [0, 0.05) is 10.6 Å². The van der Waals surface area contributed by atoms with Crippen molar-refractivity contribution >= 4 is 29.0 Å². The average molecular weight is 315 g/mol. The number of halogens is 2. The molecule has 0 radical (unpaired) electrons. The van der Waals surface area contributed by atoms with Crippen LogP contribution in [-0.4, -0.2) is 18.5 Å². The maximum absolute atomic E-state index is 12.1. The van der Waals surface area contributed by atoms with E-state index < -0.39 is 0 Å². The summed E-state index contributed by atoms with van der Waals surface area (Å²) < 4.78 is 5.77. The second-order valence-corrected chi connectivity index (χ2v) is 6.26. The summed E-state index contributed by atoms with van der Waals surface area (Å²) in [5.74, 6) is 0.634. The lowest BCUT2D eigenvalue weighted by Gasteiger charge is -2.28. The molecule has 1 aromatic carbocycles. The molecule has 2 nitrogen and oxygen atoms in total. The molecule has 0 aromatic heterocycles. The van der Waals surface area contributed by atoms with Crippen molar-refractivity contribution in [3.63, 3.8) is 0 Å². The molecular formula is C16H20Cl2O2. The number of hydrogen-bond acceptors (Lipinski definition) is 2. The molecule has 20 heavy (non-hydrogen) atoms. The molecule has 0 aliphatic heterocycles. The summed E-state index contributed by atoms with van der Waals surface area (Å²) in [6, 6.07) is 4.92. The van der Waals surface area contributed by atoms with E-state index in [0.717, 1.165) is 18.8 Å². The van der Waals surface area contributed by atoms with E-state index >= 15 is 0 Å². The fraction of sp³-hybridized carbons (Fsp3) is 0.562. The minimum absolute atomic E-state index is 0.0845. The Balaban J connectivity index is 1.90. The Kier molecular flexibility index (Phi) is 5.88. The van der Waals surface area contributed by atoms with Crippen LogP contribution in [-0.2, 0) is 4.74 Å². The predicted octanol–water partition coefficient (Wildman–Crippen LogP) is 5.16. The van der Waals surface area contributed by atoms with Crippen LogP contribution >= 0.6 is 23.2 Å². The Morgan fingerprint density at radius 3 is 2.90 bits per heavy atom. The SMILES string of the molecule is CCC1CCCC(OCC(=O)c2cc(Cl)ccc2Cl)C1. The Hall–Kier alpha value is -0.570. The number of Topliss-reactive ketones (excluding diaryl/α,β-unsaturated/α-hetero) is 1. The van der Waals surface area contributed by atoms with Crippen LogP contribution in [0.1, 0.15) is 49.4 Å². The molecule has 1 aromatic rings. The number of benzene rings is 1. The predicted molar refractivity (Wildman–Crippen MR) is 82.8 cm³/mol. The summed E-state index contributed by atoms with van der Waals surface area (Å²) in [5, 5.41) is 0.944. The van der Waals surface area contributed by atoms with E-state index in [-0.39, 0.29) is 18.5 Å². The molecule has 0 N–H and O–H groups in total. The Morgan fingerprint density at radius 1 is 1.35 bits per heavy atom. The van der Waals surface area contributed by atoms with Crippen LogP contribution in [0.5, 0.6) is 0 Å². The van der Waals surface area contributed by atoms with Crippen LogP contribution in [0.15, 0.2) is 18.2 Å². The van der Waals surface area contributed by atoms with Gasteiger partial charge in [-0.1, -0.05) is 49.4 Å². The smallest absolute Gasteiger partial charge is 0.190 e. The maximum atomic E-state index is 12.1. The van der Waals surface area contributed by atoms with Gasteiger partial charge in [0.2, 0.25) is 0 Å². The summed E-state index contributed by atoms with van der Waals surface area (Å²) >= 11 is 11.9. The second kappa shape index (κ2) is 7.44. The van der Waals surface area contributed by atoms with E-state index in [1.54, 1.807) is 18.2 Å². The number of carbonyl (C=O) groups is 1. The van der Waals surface area contributed by atoms with Crippen LogP contribution in [0.4, 0.5) is 0 Å². The zero-order valence-corrected chi connectivity index (χ0v) is 13.2. The highest BCUT2D eigenvalue weighted by molar-refractivity contribution is 6.35. The Morgan fingerprint density at radius 2 is 2.15 bits per heavy atom. The lowest BCUT2D eigenvalue weighted by atomic mass is 9.85. The number of rotatable bonds is 5. The van der Waals surface area contributed by atoms with E-state index in [1.165, 1.54) is 19.3 Å². The monoisotopic (exact) mass is 314 g/mol. The topological polar surface area (TPSA) is 26.3 Å². The number of carbonyl (C=O) groups excluding carboxylic acids is 1. The fourth-order valence-electron chi connectivity index (χ4n) is 2.75. The lowest BCUT2D eigenvalue weighted by Crippen LogP contribution is -2.25. The molecule has 2 rings (SSSR count). The van der Waals surface area contributed by atoms with Gasteiger partial charge < -0.3 is 4.74 Å². The third-order valence-corrected chi connectivity index (χ3v) is 4.56. The first-order valence-corrected chi connectivity index (χ1v) is 7.95. The number of ketones is 1. The van der Waals surface area contributed by atoms with Crippen molar-refractivity contribution in [3.05, 3.63) is 33.8 Å². The maximum Gasteiger partial charge on any atom is 0.190 e. The van der Waals surface area contributed by atoms with Gasteiger partial charge in [-0.05, 0) is 37.0 Å². The first-order valence-electron chi connectivity index (χ1n) is 7.20. The van der Waals surface area contributed by atoms with Gasteiger partial charge in [-0.3, -0.25) is 4.79 Å². The summed E-state index contributed by atoms with van der Waals surface area (Å²) in [4.78, 5) is 12.1. The van der Waals surface area contributed by atoms with Crippen molar-refractivity contribution in [1.29, 1.82) is 0 Å². The first-order chi connectivity index (χ1) is 9.60.